The van der Waals surface area contributed by atoms with Crippen LogP contribution in [0.5, 0.6) is 5.75 Å². The largest absolute Gasteiger partial charge is 0.497 e. The molecule has 2 saturated heterocycles. The summed E-state index contributed by atoms with van der Waals surface area (Å²) in [4.78, 5) is 21.1. The van der Waals surface area contributed by atoms with Crippen LogP contribution >= 0.6 is 0 Å². The molecule has 2 fully saturated rings. The normalized spacial score (nSPS) is 19.1. The van der Waals surface area contributed by atoms with Crippen LogP contribution in [0.15, 0.2) is 29.3 Å². The quantitative estimate of drug-likeness (QED) is 0.550. The van der Waals surface area contributed by atoms with Crippen molar-refractivity contribution in [3.05, 3.63) is 29.8 Å². The molecule has 2 aliphatic heterocycles. The van der Waals surface area contributed by atoms with Crippen molar-refractivity contribution >= 4 is 12.1 Å². The van der Waals surface area contributed by atoms with E-state index >= 15 is 0 Å². The third kappa shape index (κ3) is 5.81. The summed E-state index contributed by atoms with van der Waals surface area (Å²) in [5.41, 5.74) is 1.24. The van der Waals surface area contributed by atoms with E-state index in [1.807, 2.05) is 19.1 Å². The van der Waals surface area contributed by atoms with E-state index < -0.39 is 0 Å². The van der Waals surface area contributed by atoms with E-state index in [0.29, 0.717) is 26.2 Å². The van der Waals surface area contributed by atoms with Crippen LogP contribution in [0.3, 0.4) is 0 Å². The van der Waals surface area contributed by atoms with E-state index in [0.717, 1.165) is 57.4 Å². The van der Waals surface area contributed by atoms with E-state index in [1.54, 1.807) is 12.0 Å². The molecule has 8 heteroatoms. The Hall–Kier alpha value is -2.48. The smallest absolute Gasteiger partial charge is 0.409 e. The Balaban J connectivity index is 1.73. The first-order valence-corrected chi connectivity index (χ1v) is 11.3. The number of hydrogen-bond donors (Lipinski definition) is 1. The molecule has 2 heterocycles. The standard InChI is InChI=1S/C23H36N4O4/c1-4-24-21(26-12-14-27(15-13-26)22(28)31-5-2)25-18-23(10-16-30-17-11-23)19-6-8-20(29-3)9-7-19/h6-9H,4-5,10-18H2,1-3H3,(H,24,25). The number of carbonyl (C=O) groups excluding carboxylic acids is 1. The number of piperazine rings is 1. The third-order valence-corrected chi connectivity index (χ3v) is 6.12. The van der Waals surface area contributed by atoms with E-state index in [9.17, 15) is 4.79 Å². The van der Waals surface area contributed by atoms with Crippen molar-refractivity contribution in [1.29, 1.82) is 0 Å². The highest BCUT2D eigenvalue weighted by Gasteiger charge is 2.35. The van der Waals surface area contributed by atoms with Gasteiger partial charge in [0.15, 0.2) is 5.96 Å². The van der Waals surface area contributed by atoms with Crippen molar-refractivity contribution in [3.8, 4) is 5.75 Å². The minimum atomic E-state index is -0.232. The maximum Gasteiger partial charge on any atom is 0.409 e. The van der Waals surface area contributed by atoms with Crippen molar-refractivity contribution in [2.24, 2.45) is 4.99 Å². The van der Waals surface area contributed by atoms with Gasteiger partial charge in [0.1, 0.15) is 5.75 Å². The molecular weight excluding hydrogens is 396 g/mol. The van der Waals surface area contributed by atoms with Gasteiger partial charge in [-0.1, -0.05) is 12.1 Å². The Kier molecular flexibility index (Phi) is 8.40. The van der Waals surface area contributed by atoms with Gasteiger partial charge < -0.3 is 29.3 Å². The maximum absolute atomic E-state index is 12.0. The lowest BCUT2D eigenvalue weighted by molar-refractivity contribution is 0.0529. The summed E-state index contributed by atoms with van der Waals surface area (Å²) >= 11 is 0. The van der Waals surface area contributed by atoms with Crippen molar-refractivity contribution < 1.29 is 19.0 Å². The van der Waals surface area contributed by atoms with Gasteiger partial charge in [-0.05, 0) is 44.4 Å². The Morgan fingerprint density at radius 2 is 1.74 bits per heavy atom. The first-order valence-electron chi connectivity index (χ1n) is 11.3. The maximum atomic E-state index is 12.0. The molecule has 172 valence electrons. The monoisotopic (exact) mass is 432 g/mol. The fraction of sp³-hybridized carbons (Fsp3) is 0.652. The van der Waals surface area contributed by atoms with Crippen molar-refractivity contribution in [3.63, 3.8) is 0 Å². The van der Waals surface area contributed by atoms with Gasteiger partial charge in [-0.2, -0.15) is 0 Å². The van der Waals surface area contributed by atoms with Gasteiger partial charge in [0, 0.05) is 51.4 Å². The molecule has 1 N–H and O–H groups in total. The Bertz CT molecular complexity index is 724. The second-order valence-electron chi connectivity index (χ2n) is 7.96. The van der Waals surface area contributed by atoms with Gasteiger partial charge in [-0.25, -0.2) is 4.79 Å². The van der Waals surface area contributed by atoms with Gasteiger partial charge in [-0.3, -0.25) is 4.99 Å². The van der Waals surface area contributed by atoms with Crippen LogP contribution in [0.1, 0.15) is 32.3 Å². The van der Waals surface area contributed by atoms with Crippen LogP contribution in [0.4, 0.5) is 4.79 Å². The lowest BCUT2D eigenvalue weighted by atomic mass is 9.74. The highest BCUT2D eigenvalue weighted by Crippen LogP contribution is 2.36. The van der Waals surface area contributed by atoms with Crippen LogP contribution in [-0.4, -0.2) is 88.1 Å². The second-order valence-corrected chi connectivity index (χ2v) is 7.96. The number of ether oxygens (including phenoxy) is 3. The fourth-order valence-electron chi connectivity index (χ4n) is 4.21. The minimum Gasteiger partial charge on any atom is -0.497 e. The van der Waals surface area contributed by atoms with Crippen LogP contribution in [0, 0.1) is 0 Å². The summed E-state index contributed by atoms with van der Waals surface area (Å²) in [5, 5.41) is 3.44. The second kappa shape index (κ2) is 11.2. The molecule has 1 amide bonds. The lowest BCUT2D eigenvalue weighted by Gasteiger charge is -2.38. The number of nitrogens with zero attached hydrogens (tertiary/aromatic N) is 3. The van der Waals surface area contributed by atoms with E-state index in [1.165, 1.54) is 5.56 Å². The first-order chi connectivity index (χ1) is 15.1. The molecule has 0 bridgehead atoms. The molecule has 0 aliphatic carbocycles. The Morgan fingerprint density at radius 1 is 1.10 bits per heavy atom. The molecule has 0 radical (unpaired) electrons. The summed E-state index contributed by atoms with van der Waals surface area (Å²) in [7, 11) is 1.69. The molecule has 3 rings (SSSR count). The predicted octanol–water partition coefficient (Wildman–Crippen LogP) is 2.48. The first kappa shape index (κ1) is 23.2. The molecule has 0 saturated carbocycles. The Labute approximate surface area is 185 Å². The number of methoxy groups -OCH3 is 1. The minimum absolute atomic E-state index is 0.0437. The van der Waals surface area contributed by atoms with Gasteiger partial charge in [-0.15, -0.1) is 0 Å². The molecule has 0 atom stereocenters. The number of benzene rings is 1. The van der Waals surface area contributed by atoms with Gasteiger partial charge in [0.05, 0.1) is 20.3 Å². The van der Waals surface area contributed by atoms with Gasteiger partial charge in [0.25, 0.3) is 0 Å². The fourth-order valence-corrected chi connectivity index (χ4v) is 4.21. The zero-order valence-electron chi connectivity index (χ0n) is 19.1. The number of aliphatic imine (C=N–C) groups is 1. The predicted molar refractivity (Wildman–Crippen MR) is 121 cm³/mol. The zero-order chi connectivity index (χ0) is 22.1. The molecule has 0 spiro atoms. The van der Waals surface area contributed by atoms with E-state index in [2.05, 4.69) is 29.3 Å². The van der Waals surface area contributed by atoms with Crippen molar-refractivity contribution in [2.45, 2.75) is 32.1 Å². The van der Waals surface area contributed by atoms with Gasteiger partial charge >= 0.3 is 6.09 Å². The van der Waals surface area contributed by atoms with E-state index in [-0.39, 0.29) is 11.5 Å². The number of carbonyl (C=O) groups is 1. The third-order valence-electron chi connectivity index (χ3n) is 6.12. The summed E-state index contributed by atoms with van der Waals surface area (Å²) in [6.45, 7) is 10.1. The highest BCUT2D eigenvalue weighted by molar-refractivity contribution is 5.80. The van der Waals surface area contributed by atoms with Gasteiger partial charge in [0.2, 0.25) is 0 Å². The number of guanidine groups is 1. The molecular formula is C23H36N4O4. The number of rotatable bonds is 6. The van der Waals surface area contributed by atoms with E-state index in [4.69, 9.17) is 19.2 Å². The molecule has 0 unspecified atom stereocenters. The molecule has 1 aromatic rings. The zero-order valence-corrected chi connectivity index (χ0v) is 19.1. The van der Waals surface area contributed by atoms with Crippen LogP contribution in [0.25, 0.3) is 0 Å². The molecule has 8 nitrogen and oxygen atoms in total. The number of amides is 1. The van der Waals surface area contributed by atoms with Crippen molar-refractivity contribution in [2.75, 3.05) is 66.2 Å². The number of hydrogen-bond acceptors (Lipinski definition) is 5. The molecule has 0 aromatic heterocycles. The summed E-state index contributed by atoms with van der Waals surface area (Å²) in [6.07, 6.45) is 1.65. The van der Waals surface area contributed by atoms with Crippen LogP contribution < -0.4 is 10.1 Å². The SMILES string of the molecule is CCNC(=NCC1(c2ccc(OC)cc2)CCOCC1)N1CCN(C(=O)OCC)CC1. The summed E-state index contributed by atoms with van der Waals surface area (Å²) < 4.78 is 16.1. The summed E-state index contributed by atoms with van der Waals surface area (Å²) in [6, 6.07) is 8.36. The molecule has 2 aliphatic rings. The average molecular weight is 433 g/mol. The van der Waals surface area contributed by atoms with Crippen LogP contribution in [-0.2, 0) is 14.9 Å². The van der Waals surface area contributed by atoms with Crippen LogP contribution in [0.2, 0.25) is 0 Å². The lowest BCUT2D eigenvalue weighted by Crippen LogP contribution is -2.54. The topological polar surface area (TPSA) is 75.6 Å². The number of nitrogens with one attached hydrogen (secondary N) is 1. The average Bonchev–Trinajstić information content (AvgIpc) is 2.82. The van der Waals surface area contributed by atoms with Crippen molar-refractivity contribution in [1.82, 2.24) is 15.1 Å². The molecule has 1 aromatic carbocycles. The molecule has 31 heavy (non-hydrogen) atoms. The summed E-state index contributed by atoms with van der Waals surface area (Å²) in [5.74, 6) is 1.77. The highest BCUT2D eigenvalue weighted by atomic mass is 16.6. The Morgan fingerprint density at radius 3 is 2.32 bits per heavy atom.